The van der Waals surface area contributed by atoms with Gasteiger partial charge in [0.05, 0.1) is 22.2 Å². The van der Waals surface area contributed by atoms with Crippen LogP contribution in [0.3, 0.4) is 0 Å². The molecule has 0 bridgehead atoms. The van der Waals surface area contributed by atoms with E-state index in [2.05, 4.69) is 10.3 Å². The molecule has 0 spiro atoms. The monoisotopic (exact) mass is 373 g/mol. The minimum atomic E-state index is -0.246. The zero-order valence-corrected chi connectivity index (χ0v) is 15.0. The SMILES string of the molecule is Cc1c[nH]c(=O)n1-c1ccccc1NC(=O)CSc1ccccc1Cl. The number of halogens is 1. The third-order valence-electron chi connectivity index (χ3n) is 3.57. The van der Waals surface area contributed by atoms with Gasteiger partial charge in [-0.15, -0.1) is 11.8 Å². The number of benzene rings is 2. The molecule has 5 nitrogen and oxygen atoms in total. The van der Waals surface area contributed by atoms with E-state index in [-0.39, 0.29) is 17.3 Å². The summed E-state index contributed by atoms with van der Waals surface area (Å²) >= 11 is 7.47. The molecule has 0 radical (unpaired) electrons. The number of H-pyrrole nitrogens is 1. The van der Waals surface area contributed by atoms with E-state index in [9.17, 15) is 9.59 Å². The van der Waals surface area contributed by atoms with Crippen LogP contribution in [0.2, 0.25) is 5.02 Å². The van der Waals surface area contributed by atoms with Crippen LogP contribution in [-0.4, -0.2) is 21.2 Å². The number of nitrogens with one attached hydrogen (secondary N) is 2. The molecule has 0 unspecified atom stereocenters. The highest BCUT2D eigenvalue weighted by Gasteiger charge is 2.12. The molecule has 3 aromatic rings. The topological polar surface area (TPSA) is 66.9 Å². The number of anilines is 1. The lowest BCUT2D eigenvalue weighted by Crippen LogP contribution is -2.20. The largest absolute Gasteiger partial charge is 0.330 e. The van der Waals surface area contributed by atoms with Gasteiger partial charge in [0.25, 0.3) is 0 Å². The van der Waals surface area contributed by atoms with Gasteiger partial charge in [-0.05, 0) is 31.2 Å². The highest BCUT2D eigenvalue weighted by atomic mass is 35.5. The number of aryl methyl sites for hydroxylation is 1. The number of aromatic amines is 1. The van der Waals surface area contributed by atoms with Crippen molar-refractivity contribution in [1.82, 2.24) is 9.55 Å². The maximum Gasteiger partial charge on any atom is 0.330 e. The normalized spacial score (nSPS) is 10.6. The molecule has 7 heteroatoms. The number of aromatic nitrogens is 2. The Morgan fingerprint density at radius 3 is 2.64 bits per heavy atom. The van der Waals surface area contributed by atoms with Crippen LogP contribution in [0.4, 0.5) is 5.69 Å². The van der Waals surface area contributed by atoms with Gasteiger partial charge in [0.15, 0.2) is 0 Å². The van der Waals surface area contributed by atoms with Crippen LogP contribution in [0.1, 0.15) is 5.69 Å². The summed E-state index contributed by atoms with van der Waals surface area (Å²) in [5.41, 5.74) is 1.72. The first-order valence-electron chi connectivity index (χ1n) is 7.60. The average molecular weight is 374 g/mol. The lowest BCUT2D eigenvalue weighted by Gasteiger charge is -2.12. The Bertz CT molecular complexity index is 965. The first-order valence-corrected chi connectivity index (χ1v) is 8.96. The molecule has 2 aromatic carbocycles. The summed E-state index contributed by atoms with van der Waals surface area (Å²) < 4.78 is 1.52. The number of rotatable bonds is 5. The quantitative estimate of drug-likeness (QED) is 0.667. The van der Waals surface area contributed by atoms with Gasteiger partial charge >= 0.3 is 5.69 Å². The number of thioether (sulfide) groups is 1. The van der Waals surface area contributed by atoms with Crippen molar-refractivity contribution in [2.75, 3.05) is 11.1 Å². The van der Waals surface area contributed by atoms with E-state index in [0.717, 1.165) is 10.6 Å². The van der Waals surface area contributed by atoms with E-state index in [1.807, 2.05) is 37.3 Å². The molecule has 0 aliphatic heterocycles. The molecule has 0 aliphatic rings. The summed E-state index contributed by atoms with van der Waals surface area (Å²) in [6.45, 7) is 1.82. The molecule has 1 amide bonds. The van der Waals surface area contributed by atoms with E-state index < -0.39 is 0 Å². The van der Waals surface area contributed by atoms with Gasteiger partial charge in [-0.2, -0.15) is 0 Å². The standard InChI is InChI=1S/C18H16ClN3O2S/c1-12-10-20-18(24)22(12)15-8-4-3-7-14(15)21-17(23)11-25-16-9-5-2-6-13(16)19/h2-10H,11H2,1H3,(H,20,24)(H,21,23). The number of imidazole rings is 1. The Labute approximate surface area is 154 Å². The zero-order valence-electron chi connectivity index (χ0n) is 13.5. The third-order valence-corrected chi connectivity index (χ3v) is 5.09. The Morgan fingerprint density at radius 2 is 1.92 bits per heavy atom. The summed E-state index contributed by atoms with van der Waals surface area (Å²) in [6, 6.07) is 14.6. The van der Waals surface area contributed by atoms with Crippen molar-refractivity contribution in [2.24, 2.45) is 0 Å². The van der Waals surface area contributed by atoms with Gasteiger partial charge in [0.1, 0.15) is 0 Å². The Hall–Kier alpha value is -2.44. The molecule has 0 aliphatic carbocycles. The number of amides is 1. The van der Waals surface area contributed by atoms with E-state index in [4.69, 9.17) is 11.6 Å². The fourth-order valence-electron chi connectivity index (χ4n) is 2.42. The van der Waals surface area contributed by atoms with Crippen molar-refractivity contribution in [2.45, 2.75) is 11.8 Å². The number of carbonyl (C=O) groups is 1. The molecule has 0 saturated carbocycles. The second-order valence-corrected chi connectivity index (χ2v) is 6.78. The molecule has 128 valence electrons. The molecular formula is C18H16ClN3O2S. The minimum Gasteiger partial charge on any atom is -0.324 e. The average Bonchev–Trinajstić information content (AvgIpc) is 2.93. The summed E-state index contributed by atoms with van der Waals surface area (Å²) in [4.78, 5) is 27.8. The van der Waals surface area contributed by atoms with Crippen LogP contribution in [0.15, 0.2) is 64.4 Å². The maximum absolute atomic E-state index is 12.3. The number of para-hydroxylation sites is 2. The summed E-state index contributed by atoms with van der Waals surface area (Å²) in [5.74, 6) is 0.0534. The predicted octanol–water partition coefficient (Wildman–Crippen LogP) is 3.86. The molecular weight excluding hydrogens is 358 g/mol. The molecule has 0 fully saturated rings. The molecule has 1 heterocycles. The molecule has 25 heavy (non-hydrogen) atoms. The van der Waals surface area contributed by atoms with E-state index in [1.54, 1.807) is 24.4 Å². The second-order valence-electron chi connectivity index (χ2n) is 5.36. The van der Waals surface area contributed by atoms with Crippen molar-refractivity contribution < 1.29 is 4.79 Å². The fraction of sp³-hybridized carbons (Fsp3) is 0.111. The van der Waals surface area contributed by atoms with Crippen molar-refractivity contribution >= 4 is 35.0 Å². The number of hydrogen-bond donors (Lipinski definition) is 2. The van der Waals surface area contributed by atoms with Crippen molar-refractivity contribution in [1.29, 1.82) is 0 Å². The minimum absolute atomic E-state index is 0.168. The van der Waals surface area contributed by atoms with Gasteiger partial charge < -0.3 is 10.3 Å². The van der Waals surface area contributed by atoms with Crippen LogP contribution < -0.4 is 11.0 Å². The maximum atomic E-state index is 12.3. The van der Waals surface area contributed by atoms with E-state index in [1.165, 1.54) is 16.3 Å². The Kier molecular flexibility index (Phi) is 5.31. The van der Waals surface area contributed by atoms with Crippen LogP contribution in [0.25, 0.3) is 5.69 Å². The fourth-order valence-corrected chi connectivity index (χ4v) is 3.46. The zero-order chi connectivity index (χ0) is 17.8. The summed E-state index contributed by atoms with van der Waals surface area (Å²) in [5, 5.41) is 3.49. The molecule has 1 aromatic heterocycles. The summed E-state index contributed by atoms with van der Waals surface area (Å²) in [6.07, 6.45) is 1.63. The number of hydrogen-bond acceptors (Lipinski definition) is 3. The van der Waals surface area contributed by atoms with Crippen LogP contribution >= 0.6 is 23.4 Å². The third kappa shape index (κ3) is 3.97. The second kappa shape index (κ2) is 7.63. The highest BCUT2D eigenvalue weighted by molar-refractivity contribution is 8.00. The van der Waals surface area contributed by atoms with Crippen LogP contribution in [0.5, 0.6) is 0 Å². The summed E-state index contributed by atoms with van der Waals surface area (Å²) in [7, 11) is 0. The van der Waals surface area contributed by atoms with E-state index >= 15 is 0 Å². The Balaban J connectivity index is 1.76. The highest BCUT2D eigenvalue weighted by Crippen LogP contribution is 2.27. The lowest BCUT2D eigenvalue weighted by atomic mass is 10.2. The Morgan fingerprint density at radius 1 is 1.20 bits per heavy atom. The van der Waals surface area contributed by atoms with E-state index in [0.29, 0.717) is 16.4 Å². The smallest absolute Gasteiger partial charge is 0.324 e. The van der Waals surface area contributed by atoms with Gasteiger partial charge in [-0.25, -0.2) is 4.79 Å². The van der Waals surface area contributed by atoms with Gasteiger partial charge in [-0.3, -0.25) is 9.36 Å². The van der Waals surface area contributed by atoms with Crippen LogP contribution in [-0.2, 0) is 4.79 Å². The molecule has 0 saturated heterocycles. The molecule has 2 N–H and O–H groups in total. The van der Waals surface area contributed by atoms with Gasteiger partial charge in [-0.1, -0.05) is 35.9 Å². The first kappa shape index (κ1) is 17.4. The predicted molar refractivity (Wildman–Crippen MR) is 102 cm³/mol. The lowest BCUT2D eigenvalue weighted by molar-refractivity contribution is -0.113. The number of nitrogens with zero attached hydrogens (tertiary/aromatic N) is 1. The van der Waals surface area contributed by atoms with Crippen molar-refractivity contribution in [3.05, 3.63) is 75.9 Å². The molecule has 0 atom stereocenters. The van der Waals surface area contributed by atoms with Gasteiger partial charge in [0.2, 0.25) is 5.91 Å². The van der Waals surface area contributed by atoms with Crippen molar-refractivity contribution in [3.8, 4) is 5.69 Å². The van der Waals surface area contributed by atoms with Crippen molar-refractivity contribution in [3.63, 3.8) is 0 Å². The van der Waals surface area contributed by atoms with Crippen LogP contribution in [0, 0.1) is 6.92 Å². The molecule has 3 rings (SSSR count). The van der Waals surface area contributed by atoms with Gasteiger partial charge in [0, 0.05) is 16.8 Å². The first-order chi connectivity index (χ1) is 12.1. The number of carbonyl (C=O) groups excluding carboxylic acids is 1.